The highest BCUT2D eigenvalue weighted by molar-refractivity contribution is 5.96. The molecule has 1 aromatic carbocycles. The second-order valence-corrected chi connectivity index (χ2v) is 4.64. The number of hydrogen-bond donors (Lipinski definition) is 2. The number of carbonyl (C=O) groups is 1. The Kier molecular flexibility index (Phi) is 5.36. The van der Waals surface area contributed by atoms with E-state index in [1.165, 1.54) is 0 Å². The molecule has 0 unspecified atom stereocenters. The summed E-state index contributed by atoms with van der Waals surface area (Å²) in [5.41, 5.74) is 2.53. The van der Waals surface area contributed by atoms with Crippen LogP contribution >= 0.6 is 0 Å². The Morgan fingerprint density at radius 1 is 1.33 bits per heavy atom. The summed E-state index contributed by atoms with van der Waals surface area (Å²) < 4.78 is 10.9. The van der Waals surface area contributed by atoms with E-state index >= 15 is 0 Å². The Morgan fingerprint density at radius 2 is 2.14 bits per heavy atom. The van der Waals surface area contributed by atoms with Crippen molar-refractivity contribution in [3.05, 3.63) is 54.0 Å². The molecule has 6 nitrogen and oxygen atoms in total. The first-order chi connectivity index (χ1) is 10.2. The Bertz CT molecular complexity index is 569. The van der Waals surface area contributed by atoms with Gasteiger partial charge in [-0.2, -0.15) is 0 Å². The van der Waals surface area contributed by atoms with Crippen LogP contribution in [0.4, 0.5) is 0 Å². The van der Waals surface area contributed by atoms with Crippen LogP contribution in [0.25, 0.3) is 0 Å². The van der Waals surface area contributed by atoms with Gasteiger partial charge in [-0.1, -0.05) is 12.1 Å². The topological polar surface area (TPSA) is 80.7 Å². The van der Waals surface area contributed by atoms with Gasteiger partial charge in [0.1, 0.15) is 18.1 Å². The number of carbonyl (C=O) groups excluding carboxylic acids is 1. The van der Waals surface area contributed by atoms with Gasteiger partial charge in [-0.3, -0.25) is 15.1 Å². The summed E-state index contributed by atoms with van der Waals surface area (Å²) in [7, 11) is 1.98. The number of hydrazine groups is 1. The van der Waals surface area contributed by atoms with Crippen LogP contribution in [0.3, 0.4) is 0 Å². The third-order valence-corrected chi connectivity index (χ3v) is 3.00. The third-order valence-electron chi connectivity index (χ3n) is 3.00. The molecule has 2 rings (SSSR count). The summed E-state index contributed by atoms with van der Waals surface area (Å²) in [6.45, 7) is 1.88. The van der Waals surface area contributed by atoms with Crippen LogP contribution in [-0.2, 0) is 6.54 Å². The summed E-state index contributed by atoms with van der Waals surface area (Å²) in [5.74, 6) is 6.21. The molecule has 0 aliphatic rings. The highest BCUT2D eigenvalue weighted by Crippen LogP contribution is 2.17. The fourth-order valence-corrected chi connectivity index (χ4v) is 1.92. The van der Waals surface area contributed by atoms with Crippen LogP contribution in [0.5, 0.6) is 5.75 Å². The Labute approximate surface area is 123 Å². The number of ether oxygens (including phenoxy) is 1. The van der Waals surface area contributed by atoms with Gasteiger partial charge in [-0.05, 0) is 31.3 Å². The molecule has 0 spiro atoms. The quantitative estimate of drug-likeness (QED) is 0.457. The van der Waals surface area contributed by atoms with Gasteiger partial charge in [0.05, 0.1) is 18.4 Å². The number of nitrogens with one attached hydrogen (secondary N) is 1. The summed E-state index contributed by atoms with van der Waals surface area (Å²) >= 11 is 0. The fourth-order valence-electron chi connectivity index (χ4n) is 1.92. The van der Waals surface area contributed by atoms with Gasteiger partial charge >= 0.3 is 0 Å². The standard InChI is InChI=1S/C15H19N3O3/c1-18(11-12-5-4-9-20-12)8-10-21-14-7-3-2-6-13(14)15(19)17-16/h2-7,9H,8,10-11,16H2,1H3,(H,17,19). The molecule has 0 saturated heterocycles. The lowest BCUT2D eigenvalue weighted by molar-refractivity contribution is 0.0949. The predicted octanol–water partition coefficient (Wildman–Crippen LogP) is 1.39. The van der Waals surface area contributed by atoms with Crippen LogP contribution < -0.4 is 16.0 Å². The number of likely N-dealkylation sites (N-methyl/N-ethyl adjacent to an activating group) is 1. The number of para-hydroxylation sites is 1. The molecule has 21 heavy (non-hydrogen) atoms. The number of benzene rings is 1. The summed E-state index contributed by atoms with van der Waals surface area (Å²) in [6, 6.07) is 10.8. The average molecular weight is 289 g/mol. The van der Waals surface area contributed by atoms with E-state index in [4.69, 9.17) is 15.0 Å². The molecular weight excluding hydrogens is 270 g/mol. The van der Waals surface area contributed by atoms with Gasteiger partial charge in [0.25, 0.3) is 5.91 Å². The summed E-state index contributed by atoms with van der Waals surface area (Å²) in [5, 5.41) is 0. The second kappa shape index (κ2) is 7.47. The molecule has 0 aliphatic heterocycles. The molecule has 0 aliphatic carbocycles. The van der Waals surface area contributed by atoms with Crippen molar-refractivity contribution in [3.8, 4) is 5.75 Å². The van der Waals surface area contributed by atoms with E-state index in [9.17, 15) is 4.79 Å². The minimum absolute atomic E-state index is 0.366. The second-order valence-electron chi connectivity index (χ2n) is 4.64. The number of nitrogens with two attached hydrogens (primary N) is 1. The van der Waals surface area contributed by atoms with Gasteiger partial charge in [0.2, 0.25) is 0 Å². The van der Waals surface area contributed by atoms with Crippen LogP contribution in [0.1, 0.15) is 16.1 Å². The maximum atomic E-state index is 11.6. The Balaban J connectivity index is 1.84. The van der Waals surface area contributed by atoms with Crippen molar-refractivity contribution in [2.45, 2.75) is 6.54 Å². The number of furan rings is 1. The van der Waals surface area contributed by atoms with E-state index in [2.05, 4.69) is 10.3 Å². The molecule has 1 aromatic heterocycles. The highest BCUT2D eigenvalue weighted by atomic mass is 16.5. The van der Waals surface area contributed by atoms with E-state index in [1.807, 2.05) is 25.2 Å². The molecule has 1 amide bonds. The van der Waals surface area contributed by atoms with E-state index in [-0.39, 0.29) is 5.91 Å². The van der Waals surface area contributed by atoms with Gasteiger partial charge in [-0.25, -0.2) is 5.84 Å². The Hall–Kier alpha value is -2.31. The minimum atomic E-state index is -0.366. The lowest BCUT2D eigenvalue weighted by Gasteiger charge is -2.16. The average Bonchev–Trinajstić information content (AvgIpc) is 3.00. The molecule has 0 bridgehead atoms. The maximum Gasteiger partial charge on any atom is 0.268 e. The lowest BCUT2D eigenvalue weighted by atomic mass is 10.2. The van der Waals surface area contributed by atoms with Crippen LogP contribution in [0, 0.1) is 0 Å². The molecule has 1 heterocycles. The summed E-state index contributed by atoms with van der Waals surface area (Å²) in [4.78, 5) is 13.7. The zero-order valence-electron chi connectivity index (χ0n) is 11.9. The monoisotopic (exact) mass is 289 g/mol. The number of nitrogen functional groups attached to an aromatic ring is 1. The van der Waals surface area contributed by atoms with Crippen molar-refractivity contribution in [3.63, 3.8) is 0 Å². The van der Waals surface area contributed by atoms with Crippen LogP contribution in [0.2, 0.25) is 0 Å². The lowest BCUT2D eigenvalue weighted by Crippen LogP contribution is -2.30. The zero-order valence-corrected chi connectivity index (χ0v) is 11.9. The van der Waals surface area contributed by atoms with Gasteiger partial charge < -0.3 is 9.15 Å². The van der Waals surface area contributed by atoms with Crippen molar-refractivity contribution >= 4 is 5.91 Å². The predicted molar refractivity (Wildman–Crippen MR) is 78.6 cm³/mol. The number of hydrogen-bond acceptors (Lipinski definition) is 5. The smallest absolute Gasteiger partial charge is 0.268 e. The first kappa shape index (κ1) is 15.1. The number of rotatable bonds is 7. The number of amides is 1. The maximum absolute atomic E-state index is 11.6. The highest BCUT2D eigenvalue weighted by Gasteiger charge is 2.10. The largest absolute Gasteiger partial charge is 0.491 e. The zero-order chi connectivity index (χ0) is 15.1. The first-order valence-corrected chi connectivity index (χ1v) is 6.64. The van der Waals surface area contributed by atoms with Crippen molar-refractivity contribution in [1.82, 2.24) is 10.3 Å². The van der Waals surface area contributed by atoms with Crippen molar-refractivity contribution < 1.29 is 13.9 Å². The fraction of sp³-hybridized carbons (Fsp3) is 0.267. The molecular formula is C15H19N3O3. The summed E-state index contributed by atoms with van der Waals surface area (Å²) in [6.07, 6.45) is 1.65. The Morgan fingerprint density at radius 3 is 2.86 bits per heavy atom. The van der Waals surface area contributed by atoms with E-state index in [1.54, 1.807) is 24.5 Å². The van der Waals surface area contributed by atoms with Crippen LogP contribution in [0.15, 0.2) is 47.1 Å². The molecule has 0 radical (unpaired) electrons. The number of nitrogens with zero attached hydrogens (tertiary/aromatic N) is 1. The molecule has 112 valence electrons. The van der Waals surface area contributed by atoms with Crippen molar-refractivity contribution in [2.75, 3.05) is 20.2 Å². The van der Waals surface area contributed by atoms with E-state index < -0.39 is 0 Å². The van der Waals surface area contributed by atoms with Crippen molar-refractivity contribution in [2.24, 2.45) is 5.84 Å². The molecule has 0 fully saturated rings. The molecule has 2 aromatic rings. The molecule has 0 atom stereocenters. The molecule has 0 saturated carbocycles. The van der Waals surface area contributed by atoms with Gasteiger partial charge in [-0.15, -0.1) is 0 Å². The van der Waals surface area contributed by atoms with Gasteiger partial charge in [0, 0.05) is 6.54 Å². The SMILES string of the molecule is CN(CCOc1ccccc1C(=O)NN)Cc1ccco1. The first-order valence-electron chi connectivity index (χ1n) is 6.64. The molecule has 6 heteroatoms. The van der Waals surface area contributed by atoms with E-state index in [0.29, 0.717) is 31.0 Å². The molecule has 3 N–H and O–H groups in total. The van der Waals surface area contributed by atoms with E-state index in [0.717, 1.165) is 5.76 Å². The van der Waals surface area contributed by atoms with Crippen LogP contribution in [-0.4, -0.2) is 31.0 Å². The van der Waals surface area contributed by atoms with Gasteiger partial charge in [0.15, 0.2) is 0 Å². The van der Waals surface area contributed by atoms with Crippen molar-refractivity contribution in [1.29, 1.82) is 0 Å². The minimum Gasteiger partial charge on any atom is -0.491 e. The third kappa shape index (κ3) is 4.34. The normalized spacial score (nSPS) is 10.6.